The fourth-order valence-electron chi connectivity index (χ4n) is 3.19. The maximum absolute atomic E-state index is 13.4. The van der Waals surface area contributed by atoms with Crippen molar-refractivity contribution in [3.8, 4) is 0 Å². The first kappa shape index (κ1) is 22.4. The molecule has 5 nitrogen and oxygen atoms in total. The molecule has 0 atom stereocenters. The van der Waals surface area contributed by atoms with Gasteiger partial charge in [0.1, 0.15) is 11.6 Å². The standard InChI is InChI=1S/C21H28FN5.HI/c1-3-23-21(25-14-17-6-7-19(22)16(2)12-17)26-15-18-8-9-24-20(13-18)27-10-4-5-11-27;/h6-9,12-13H,3-5,10-11,14-15H2,1-2H3,(H2,23,25,26);1H. The van der Waals surface area contributed by atoms with Crippen LogP contribution in [0, 0.1) is 12.7 Å². The smallest absolute Gasteiger partial charge is 0.191 e. The molecule has 1 aliphatic heterocycles. The first-order valence-electron chi connectivity index (χ1n) is 9.63. The molecule has 2 heterocycles. The third kappa shape index (κ3) is 6.32. The van der Waals surface area contributed by atoms with E-state index in [1.807, 2.05) is 25.3 Å². The van der Waals surface area contributed by atoms with E-state index in [0.29, 0.717) is 18.7 Å². The number of nitrogens with zero attached hydrogens (tertiary/aromatic N) is 3. The van der Waals surface area contributed by atoms with Crippen molar-refractivity contribution in [1.29, 1.82) is 0 Å². The molecule has 28 heavy (non-hydrogen) atoms. The quantitative estimate of drug-likeness (QED) is 0.360. The molecule has 0 unspecified atom stereocenters. The Bertz CT molecular complexity index is 790. The lowest BCUT2D eigenvalue weighted by molar-refractivity contribution is 0.617. The number of nitrogens with one attached hydrogen (secondary N) is 2. The average Bonchev–Trinajstić information content (AvgIpc) is 3.22. The largest absolute Gasteiger partial charge is 0.357 e. The van der Waals surface area contributed by atoms with Crippen molar-refractivity contribution in [1.82, 2.24) is 15.6 Å². The summed E-state index contributed by atoms with van der Waals surface area (Å²) in [6, 6.07) is 9.29. The molecular formula is C21H29FIN5. The van der Waals surface area contributed by atoms with Crippen LogP contribution in [0.1, 0.15) is 36.5 Å². The van der Waals surface area contributed by atoms with E-state index in [4.69, 9.17) is 0 Å². The number of aliphatic imine (C=N–C) groups is 1. The highest BCUT2D eigenvalue weighted by atomic mass is 127. The number of rotatable bonds is 6. The highest BCUT2D eigenvalue weighted by Gasteiger charge is 2.13. The zero-order chi connectivity index (χ0) is 19.1. The summed E-state index contributed by atoms with van der Waals surface area (Å²) in [5.74, 6) is 1.62. The summed E-state index contributed by atoms with van der Waals surface area (Å²) in [6.45, 7) is 7.95. The van der Waals surface area contributed by atoms with Gasteiger partial charge in [0.05, 0.1) is 6.54 Å². The van der Waals surface area contributed by atoms with Gasteiger partial charge in [0.15, 0.2) is 5.96 Å². The maximum atomic E-state index is 13.4. The van der Waals surface area contributed by atoms with E-state index in [9.17, 15) is 4.39 Å². The molecule has 0 radical (unpaired) electrons. The molecule has 1 fully saturated rings. The van der Waals surface area contributed by atoms with Crippen molar-refractivity contribution in [3.63, 3.8) is 0 Å². The van der Waals surface area contributed by atoms with E-state index in [1.165, 1.54) is 24.5 Å². The van der Waals surface area contributed by atoms with Crippen LogP contribution in [-0.2, 0) is 13.1 Å². The Kier molecular flexibility index (Phi) is 8.95. The van der Waals surface area contributed by atoms with Crippen molar-refractivity contribution in [3.05, 3.63) is 59.0 Å². The van der Waals surface area contributed by atoms with Crippen molar-refractivity contribution in [2.24, 2.45) is 4.99 Å². The molecule has 0 saturated carbocycles. The Hall–Kier alpha value is -1.90. The SMILES string of the molecule is CCNC(=NCc1ccc(F)c(C)c1)NCc1ccnc(N2CCCC2)c1.I. The van der Waals surface area contributed by atoms with Gasteiger partial charge < -0.3 is 15.5 Å². The van der Waals surface area contributed by atoms with Crippen LogP contribution in [0.25, 0.3) is 0 Å². The van der Waals surface area contributed by atoms with E-state index in [0.717, 1.165) is 37.0 Å². The molecule has 1 aromatic heterocycles. The maximum Gasteiger partial charge on any atom is 0.191 e. The van der Waals surface area contributed by atoms with Gasteiger partial charge in [0.2, 0.25) is 0 Å². The lowest BCUT2D eigenvalue weighted by Crippen LogP contribution is -2.36. The monoisotopic (exact) mass is 497 g/mol. The molecule has 0 bridgehead atoms. The number of benzene rings is 1. The van der Waals surface area contributed by atoms with Gasteiger partial charge in [-0.05, 0) is 61.6 Å². The zero-order valence-corrected chi connectivity index (χ0v) is 18.9. The Morgan fingerprint density at radius 2 is 1.93 bits per heavy atom. The number of hydrogen-bond donors (Lipinski definition) is 2. The topological polar surface area (TPSA) is 52.6 Å². The van der Waals surface area contributed by atoms with Crippen LogP contribution in [0.3, 0.4) is 0 Å². The van der Waals surface area contributed by atoms with Gasteiger partial charge in [0, 0.05) is 32.4 Å². The summed E-state index contributed by atoms with van der Waals surface area (Å²) in [5.41, 5.74) is 2.81. The van der Waals surface area contributed by atoms with Crippen LogP contribution in [0.15, 0.2) is 41.5 Å². The average molecular weight is 497 g/mol. The van der Waals surface area contributed by atoms with Gasteiger partial charge >= 0.3 is 0 Å². The predicted molar refractivity (Wildman–Crippen MR) is 124 cm³/mol. The minimum Gasteiger partial charge on any atom is -0.357 e. The van der Waals surface area contributed by atoms with Gasteiger partial charge in [-0.2, -0.15) is 0 Å². The molecule has 0 aliphatic carbocycles. The van der Waals surface area contributed by atoms with Crippen molar-refractivity contribution >= 4 is 35.8 Å². The van der Waals surface area contributed by atoms with Crippen LogP contribution in [-0.4, -0.2) is 30.6 Å². The molecule has 2 aromatic rings. The van der Waals surface area contributed by atoms with Gasteiger partial charge in [-0.15, -0.1) is 24.0 Å². The first-order valence-corrected chi connectivity index (χ1v) is 9.63. The first-order chi connectivity index (χ1) is 13.2. The molecule has 1 aliphatic rings. The molecular weight excluding hydrogens is 468 g/mol. The van der Waals surface area contributed by atoms with Crippen molar-refractivity contribution in [2.75, 3.05) is 24.5 Å². The third-order valence-electron chi connectivity index (χ3n) is 4.69. The number of aryl methyl sites for hydroxylation is 1. The van der Waals surface area contributed by atoms with E-state index >= 15 is 0 Å². The molecule has 152 valence electrons. The second-order valence-electron chi connectivity index (χ2n) is 6.85. The number of aromatic nitrogens is 1. The zero-order valence-electron chi connectivity index (χ0n) is 16.5. The summed E-state index contributed by atoms with van der Waals surface area (Å²) in [5, 5.41) is 6.63. The molecule has 0 amide bonds. The van der Waals surface area contributed by atoms with Gasteiger partial charge in [-0.3, -0.25) is 0 Å². The number of pyridine rings is 1. The molecule has 1 saturated heterocycles. The molecule has 0 spiro atoms. The van der Waals surface area contributed by atoms with Gasteiger partial charge in [-0.1, -0.05) is 12.1 Å². The molecule has 2 N–H and O–H groups in total. The normalized spacial score (nSPS) is 14.0. The third-order valence-corrected chi connectivity index (χ3v) is 4.69. The fraction of sp³-hybridized carbons (Fsp3) is 0.429. The van der Waals surface area contributed by atoms with Crippen LogP contribution >= 0.6 is 24.0 Å². The highest BCUT2D eigenvalue weighted by Crippen LogP contribution is 2.18. The number of halogens is 2. The summed E-state index contributed by atoms with van der Waals surface area (Å²) in [4.78, 5) is 11.4. The summed E-state index contributed by atoms with van der Waals surface area (Å²) in [6.07, 6.45) is 4.35. The molecule has 7 heteroatoms. The Morgan fingerprint density at radius 1 is 1.14 bits per heavy atom. The van der Waals surface area contributed by atoms with Crippen molar-refractivity contribution < 1.29 is 4.39 Å². The van der Waals surface area contributed by atoms with E-state index in [-0.39, 0.29) is 29.8 Å². The fourth-order valence-corrected chi connectivity index (χ4v) is 3.19. The van der Waals surface area contributed by atoms with Crippen LogP contribution in [0.5, 0.6) is 0 Å². The Labute approximate surface area is 183 Å². The highest BCUT2D eigenvalue weighted by molar-refractivity contribution is 14.0. The minimum absolute atomic E-state index is 0. The van der Waals surface area contributed by atoms with E-state index < -0.39 is 0 Å². The summed E-state index contributed by atoms with van der Waals surface area (Å²) < 4.78 is 13.4. The second kappa shape index (κ2) is 11.2. The summed E-state index contributed by atoms with van der Waals surface area (Å²) >= 11 is 0. The lowest BCUT2D eigenvalue weighted by Gasteiger charge is -2.17. The van der Waals surface area contributed by atoms with E-state index in [2.05, 4.69) is 31.6 Å². The number of guanidine groups is 1. The number of anilines is 1. The Morgan fingerprint density at radius 3 is 2.64 bits per heavy atom. The second-order valence-corrected chi connectivity index (χ2v) is 6.85. The minimum atomic E-state index is -0.181. The van der Waals surface area contributed by atoms with Crippen LogP contribution in [0.2, 0.25) is 0 Å². The van der Waals surface area contributed by atoms with Gasteiger partial charge in [-0.25, -0.2) is 14.4 Å². The van der Waals surface area contributed by atoms with Crippen LogP contribution in [0.4, 0.5) is 10.2 Å². The van der Waals surface area contributed by atoms with E-state index in [1.54, 1.807) is 13.0 Å². The van der Waals surface area contributed by atoms with Crippen molar-refractivity contribution in [2.45, 2.75) is 39.8 Å². The van der Waals surface area contributed by atoms with Gasteiger partial charge in [0.25, 0.3) is 0 Å². The predicted octanol–water partition coefficient (Wildman–Crippen LogP) is 4.00. The Balaban J connectivity index is 0.00000280. The van der Waals surface area contributed by atoms with Crippen LogP contribution < -0.4 is 15.5 Å². The number of hydrogen-bond acceptors (Lipinski definition) is 3. The lowest BCUT2D eigenvalue weighted by atomic mass is 10.1. The molecule has 3 rings (SSSR count). The summed E-state index contributed by atoms with van der Waals surface area (Å²) in [7, 11) is 0. The molecule has 1 aromatic carbocycles.